The lowest BCUT2D eigenvalue weighted by Gasteiger charge is -2.33. The summed E-state index contributed by atoms with van der Waals surface area (Å²) < 4.78 is 1.83. The Labute approximate surface area is 197 Å². The number of hydrogen-bond acceptors (Lipinski definition) is 5. The molecule has 1 aliphatic rings. The van der Waals surface area contributed by atoms with Crippen molar-refractivity contribution in [3.63, 3.8) is 0 Å². The Hall–Kier alpha value is -3.45. The number of nitrogens with one attached hydrogen (secondary N) is 1. The van der Waals surface area contributed by atoms with Crippen molar-refractivity contribution < 1.29 is 4.79 Å². The molecule has 1 aliphatic heterocycles. The van der Waals surface area contributed by atoms with Crippen molar-refractivity contribution in [2.75, 3.05) is 18.0 Å². The maximum atomic E-state index is 12.9. The van der Waals surface area contributed by atoms with Gasteiger partial charge in [0.2, 0.25) is 5.91 Å². The number of hydrogen-bond donors (Lipinski definition) is 1. The van der Waals surface area contributed by atoms with Crippen LogP contribution >= 0.6 is 11.6 Å². The highest BCUT2D eigenvalue weighted by Crippen LogP contribution is 2.28. The maximum absolute atomic E-state index is 12.9. The number of anilines is 1. The molecule has 5 rings (SSSR count). The van der Waals surface area contributed by atoms with Gasteiger partial charge in [-0.25, -0.2) is 14.6 Å². The van der Waals surface area contributed by atoms with E-state index in [0.29, 0.717) is 23.8 Å². The standard InChI is InChI=1S/C25H25ClN6O/c1-17-8-10-20(11-9-17)32-15-21-23(30-32)28-16-29-24(21)31-12-4-6-19(14-31)25(33)27-13-18-5-2-3-7-22(18)26/h2-3,5,7-11,15-16,19H,4,6,12-14H2,1H3,(H,27,33)/t19-/m0/s1. The summed E-state index contributed by atoms with van der Waals surface area (Å²) in [5.74, 6) is 0.751. The Balaban J connectivity index is 1.33. The molecule has 4 aromatic rings. The number of amides is 1. The largest absolute Gasteiger partial charge is 0.355 e. The molecule has 2 aromatic carbocycles. The fourth-order valence-corrected chi connectivity index (χ4v) is 4.46. The predicted molar refractivity (Wildman–Crippen MR) is 130 cm³/mol. The number of nitrogens with zero attached hydrogens (tertiary/aromatic N) is 5. The van der Waals surface area contributed by atoms with Gasteiger partial charge in [0, 0.05) is 30.9 Å². The first-order valence-corrected chi connectivity index (χ1v) is 11.5. The normalized spacial score (nSPS) is 16.2. The Morgan fingerprint density at radius 1 is 1.15 bits per heavy atom. The summed E-state index contributed by atoms with van der Waals surface area (Å²) in [6.07, 6.45) is 5.28. The second-order valence-electron chi connectivity index (χ2n) is 8.44. The van der Waals surface area contributed by atoms with Crippen molar-refractivity contribution >= 4 is 34.4 Å². The minimum atomic E-state index is -0.113. The summed E-state index contributed by atoms with van der Waals surface area (Å²) in [5, 5.41) is 9.24. The number of aryl methyl sites for hydroxylation is 1. The molecule has 1 saturated heterocycles. The minimum Gasteiger partial charge on any atom is -0.355 e. The van der Waals surface area contributed by atoms with E-state index in [1.807, 2.05) is 47.3 Å². The summed E-state index contributed by atoms with van der Waals surface area (Å²) in [5.41, 5.74) is 3.73. The summed E-state index contributed by atoms with van der Waals surface area (Å²) in [6, 6.07) is 15.8. The van der Waals surface area contributed by atoms with Gasteiger partial charge in [0.25, 0.3) is 0 Å². The number of rotatable bonds is 5. The SMILES string of the molecule is Cc1ccc(-n2cc3c(N4CCC[C@H](C(=O)NCc5ccccc5Cl)C4)ncnc3n2)cc1. The monoisotopic (exact) mass is 460 g/mol. The highest BCUT2D eigenvalue weighted by molar-refractivity contribution is 6.31. The van der Waals surface area contributed by atoms with Crippen LogP contribution in [0.15, 0.2) is 61.1 Å². The lowest BCUT2D eigenvalue weighted by molar-refractivity contribution is -0.125. The number of piperidine rings is 1. The van der Waals surface area contributed by atoms with Crippen LogP contribution in [0.3, 0.4) is 0 Å². The van der Waals surface area contributed by atoms with Crippen molar-refractivity contribution in [2.24, 2.45) is 5.92 Å². The molecule has 33 heavy (non-hydrogen) atoms. The van der Waals surface area contributed by atoms with E-state index < -0.39 is 0 Å². The molecule has 0 radical (unpaired) electrons. The van der Waals surface area contributed by atoms with E-state index in [1.54, 1.807) is 6.33 Å². The van der Waals surface area contributed by atoms with E-state index in [2.05, 4.69) is 44.3 Å². The van der Waals surface area contributed by atoms with E-state index in [0.717, 1.165) is 41.8 Å². The topological polar surface area (TPSA) is 75.9 Å². The van der Waals surface area contributed by atoms with Crippen LogP contribution < -0.4 is 10.2 Å². The summed E-state index contributed by atoms with van der Waals surface area (Å²) >= 11 is 6.22. The molecule has 0 aliphatic carbocycles. The molecule has 0 unspecified atom stereocenters. The van der Waals surface area contributed by atoms with Gasteiger partial charge in [-0.3, -0.25) is 4.79 Å². The minimum absolute atomic E-state index is 0.0419. The number of fused-ring (bicyclic) bond motifs is 1. The molecule has 7 nitrogen and oxygen atoms in total. The van der Waals surface area contributed by atoms with Crippen LogP contribution in [0.1, 0.15) is 24.0 Å². The zero-order valence-corrected chi connectivity index (χ0v) is 19.2. The zero-order chi connectivity index (χ0) is 22.8. The number of carbonyl (C=O) groups is 1. The molecule has 0 saturated carbocycles. The Morgan fingerprint density at radius 2 is 1.97 bits per heavy atom. The third kappa shape index (κ3) is 4.54. The van der Waals surface area contributed by atoms with Gasteiger partial charge >= 0.3 is 0 Å². The average molecular weight is 461 g/mol. The van der Waals surface area contributed by atoms with Crippen LogP contribution in [0.2, 0.25) is 5.02 Å². The molecule has 2 aromatic heterocycles. The van der Waals surface area contributed by atoms with E-state index in [-0.39, 0.29) is 11.8 Å². The molecular formula is C25H25ClN6O. The van der Waals surface area contributed by atoms with Crippen LogP contribution in [-0.4, -0.2) is 38.7 Å². The molecule has 1 fully saturated rings. The van der Waals surface area contributed by atoms with Crippen molar-refractivity contribution in [1.29, 1.82) is 0 Å². The molecule has 0 spiro atoms. The van der Waals surface area contributed by atoms with Gasteiger partial charge in [-0.1, -0.05) is 47.5 Å². The lowest BCUT2D eigenvalue weighted by Crippen LogP contribution is -2.43. The zero-order valence-electron chi connectivity index (χ0n) is 18.4. The lowest BCUT2D eigenvalue weighted by atomic mass is 9.97. The fraction of sp³-hybridized carbons (Fsp3) is 0.280. The average Bonchev–Trinajstić information content (AvgIpc) is 3.28. The van der Waals surface area contributed by atoms with Crippen molar-refractivity contribution in [3.8, 4) is 5.69 Å². The Kier molecular flexibility index (Phi) is 5.96. The van der Waals surface area contributed by atoms with Crippen LogP contribution in [-0.2, 0) is 11.3 Å². The fourth-order valence-electron chi connectivity index (χ4n) is 4.26. The van der Waals surface area contributed by atoms with Crippen LogP contribution in [0.25, 0.3) is 16.7 Å². The molecule has 1 N–H and O–H groups in total. The third-order valence-corrected chi connectivity index (χ3v) is 6.47. The van der Waals surface area contributed by atoms with Gasteiger partial charge in [0.15, 0.2) is 5.65 Å². The summed E-state index contributed by atoms with van der Waals surface area (Å²) in [6.45, 7) is 3.94. The smallest absolute Gasteiger partial charge is 0.225 e. The van der Waals surface area contributed by atoms with E-state index >= 15 is 0 Å². The van der Waals surface area contributed by atoms with E-state index in [4.69, 9.17) is 11.6 Å². The highest BCUT2D eigenvalue weighted by atomic mass is 35.5. The highest BCUT2D eigenvalue weighted by Gasteiger charge is 2.28. The molecular weight excluding hydrogens is 436 g/mol. The quantitative estimate of drug-likeness (QED) is 0.480. The van der Waals surface area contributed by atoms with Gasteiger partial charge in [-0.05, 0) is 43.5 Å². The van der Waals surface area contributed by atoms with Gasteiger partial charge in [-0.15, -0.1) is 5.10 Å². The predicted octanol–water partition coefficient (Wildman–Crippen LogP) is 4.31. The Bertz CT molecular complexity index is 1290. The first-order chi connectivity index (χ1) is 16.1. The van der Waals surface area contributed by atoms with E-state index in [1.165, 1.54) is 5.56 Å². The van der Waals surface area contributed by atoms with Crippen molar-refractivity contribution in [3.05, 3.63) is 77.2 Å². The molecule has 0 bridgehead atoms. The van der Waals surface area contributed by atoms with Crippen molar-refractivity contribution in [1.82, 2.24) is 25.1 Å². The first kappa shape index (κ1) is 21.4. The van der Waals surface area contributed by atoms with Crippen LogP contribution in [0.4, 0.5) is 5.82 Å². The molecule has 8 heteroatoms. The van der Waals surface area contributed by atoms with E-state index in [9.17, 15) is 4.79 Å². The van der Waals surface area contributed by atoms with Gasteiger partial charge in [0.1, 0.15) is 12.1 Å². The molecule has 1 atom stereocenters. The molecule has 168 valence electrons. The number of benzene rings is 2. The molecule has 1 amide bonds. The number of aromatic nitrogens is 4. The Morgan fingerprint density at radius 3 is 2.79 bits per heavy atom. The molecule has 3 heterocycles. The summed E-state index contributed by atoms with van der Waals surface area (Å²) in [4.78, 5) is 24.0. The van der Waals surface area contributed by atoms with Crippen molar-refractivity contribution in [2.45, 2.75) is 26.3 Å². The maximum Gasteiger partial charge on any atom is 0.225 e. The second kappa shape index (κ2) is 9.19. The first-order valence-electron chi connectivity index (χ1n) is 11.1. The van der Waals surface area contributed by atoms with Crippen LogP contribution in [0.5, 0.6) is 0 Å². The number of halogens is 1. The third-order valence-electron chi connectivity index (χ3n) is 6.10. The van der Waals surface area contributed by atoms with Gasteiger partial charge in [0.05, 0.1) is 17.0 Å². The van der Waals surface area contributed by atoms with Gasteiger partial charge in [-0.2, -0.15) is 0 Å². The van der Waals surface area contributed by atoms with Crippen LogP contribution in [0, 0.1) is 12.8 Å². The second-order valence-corrected chi connectivity index (χ2v) is 8.85. The summed E-state index contributed by atoms with van der Waals surface area (Å²) in [7, 11) is 0. The van der Waals surface area contributed by atoms with Gasteiger partial charge < -0.3 is 10.2 Å². The number of carbonyl (C=O) groups excluding carboxylic acids is 1.